The molecule has 8 nitrogen and oxygen atoms in total. The van der Waals surface area contributed by atoms with Crippen LogP contribution in [0.2, 0.25) is 10.0 Å². The first-order chi connectivity index (χ1) is 18.9. The molecule has 1 atom stereocenters. The highest BCUT2D eigenvalue weighted by atomic mass is 35.5. The molecule has 1 fully saturated rings. The molecule has 0 spiro atoms. The van der Waals surface area contributed by atoms with Crippen molar-refractivity contribution in [3.05, 3.63) is 81.5 Å². The van der Waals surface area contributed by atoms with E-state index in [-0.39, 0.29) is 23.5 Å². The Balaban J connectivity index is 1.52. The molecular formula is C29H31Cl2N3O5. The predicted molar refractivity (Wildman–Crippen MR) is 151 cm³/mol. The number of benzene rings is 2. The van der Waals surface area contributed by atoms with Gasteiger partial charge in [-0.3, -0.25) is 9.59 Å². The number of hydrogen-bond donors (Lipinski definition) is 2. The van der Waals surface area contributed by atoms with Crippen molar-refractivity contribution in [3.63, 3.8) is 0 Å². The Labute approximate surface area is 238 Å². The van der Waals surface area contributed by atoms with Gasteiger partial charge in [0.25, 0.3) is 5.91 Å². The minimum atomic E-state index is -0.740. The standard InChI is InChI=1S/C29H31Cl2N3O5/c1-37-24-8-6-20(16-25(24)39-15-11-18-5-7-21(30)17-23(18)31)28(36)34-26(19-9-13-32-14-10-19)27(35)22-4-3-12-33-29(22)38-2/h3-8,12,16-17,19,26,32H,9-11,13-15H2,1-2H3,(H,34,36). The van der Waals surface area contributed by atoms with Crippen molar-refractivity contribution in [1.82, 2.24) is 15.6 Å². The van der Waals surface area contributed by atoms with Gasteiger partial charge >= 0.3 is 0 Å². The van der Waals surface area contributed by atoms with Gasteiger partial charge < -0.3 is 24.8 Å². The third kappa shape index (κ3) is 7.20. The molecule has 1 aromatic heterocycles. The molecule has 2 aromatic carbocycles. The van der Waals surface area contributed by atoms with Gasteiger partial charge in [-0.1, -0.05) is 29.3 Å². The number of amides is 1. The second-order valence-electron chi connectivity index (χ2n) is 9.16. The van der Waals surface area contributed by atoms with Gasteiger partial charge in [-0.15, -0.1) is 0 Å². The number of Topliss-reactive ketones (excluding diaryl/α,β-unsaturated/α-hetero) is 1. The van der Waals surface area contributed by atoms with E-state index in [1.807, 2.05) is 6.07 Å². The van der Waals surface area contributed by atoms with Gasteiger partial charge in [0.1, 0.15) is 0 Å². The lowest BCUT2D eigenvalue weighted by atomic mass is 9.85. The minimum Gasteiger partial charge on any atom is -0.493 e. The molecule has 39 heavy (non-hydrogen) atoms. The highest BCUT2D eigenvalue weighted by molar-refractivity contribution is 6.35. The van der Waals surface area contributed by atoms with Crippen molar-refractivity contribution in [1.29, 1.82) is 0 Å². The van der Waals surface area contributed by atoms with Crippen molar-refractivity contribution in [3.8, 4) is 17.4 Å². The Bertz CT molecular complexity index is 1310. The summed E-state index contributed by atoms with van der Waals surface area (Å²) in [6.45, 7) is 1.85. The molecular weight excluding hydrogens is 541 g/mol. The Morgan fingerprint density at radius 2 is 1.85 bits per heavy atom. The van der Waals surface area contributed by atoms with E-state index in [4.69, 9.17) is 37.4 Å². The molecule has 0 bridgehead atoms. The van der Waals surface area contributed by atoms with E-state index in [9.17, 15) is 9.59 Å². The second kappa shape index (κ2) is 13.6. The fourth-order valence-electron chi connectivity index (χ4n) is 4.63. The van der Waals surface area contributed by atoms with E-state index < -0.39 is 6.04 Å². The molecule has 2 N–H and O–H groups in total. The fourth-order valence-corrected chi connectivity index (χ4v) is 5.14. The van der Waals surface area contributed by atoms with Gasteiger partial charge in [-0.25, -0.2) is 4.98 Å². The van der Waals surface area contributed by atoms with Crippen molar-refractivity contribution in [2.24, 2.45) is 5.92 Å². The van der Waals surface area contributed by atoms with Crippen LogP contribution in [0.1, 0.15) is 39.1 Å². The normalized spacial score (nSPS) is 14.4. The van der Waals surface area contributed by atoms with Crippen LogP contribution in [0.3, 0.4) is 0 Å². The summed E-state index contributed by atoms with van der Waals surface area (Å²) in [7, 11) is 3.00. The summed E-state index contributed by atoms with van der Waals surface area (Å²) >= 11 is 12.3. The Kier molecular flexibility index (Phi) is 10.0. The first-order valence-corrected chi connectivity index (χ1v) is 13.5. The number of ketones is 1. The average Bonchev–Trinajstić information content (AvgIpc) is 2.96. The van der Waals surface area contributed by atoms with Crippen LogP contribution in [0.4, 0.5) is 0 Å². The van der Waals surface area contributed by atoms with E-state index in [0.717, 1.165) is 31.5 Å². The van der Waals surface area contributed by atoms with Crippen LogP contribution >= 0.6 is 23.2 Å². The molecule has 1 unspecified atom stereocenters. The number of pyridine rings is 1. The molecule has 4 rings (SSSR count). The van der Waals surface area contributed by atoms with Crippen molar-refractivity contribution in [2.75, 3.05) is 33.9 Å². The monoisotopic (exact) mass is 571 g/mol. The van der Waals surface area contributed by atoms with Gasteiger partial charge in [-0.05, 0) is 79.9 Å². The lowest BCUT2D eigenvalue weighted by Gasteiger charge is -2.30. The molecule has 3 aromatic rings. The van der Waals surface area contributed by atoms with Gasteiger partial charge in [0, 0.05) is 28.2 Å². The smallest absolute Gasteiger partial charge is 0.252 e. The highest BCUT2D eigenvalue weighted by Gasteiger charge is 2.33. The van der Waals surface area contributed by atoms with E-state index in [1.165, 1.54) is 14.2 Å². The van der Waals surface area contributed by atoms with Crippen LogP contribution in [0.15, 0.2) is 54.7 Å². The molecule has 206 valence electrons. The molecule has 0 saturated carbocycles. The third-order valence-corrected chi connectivity index (χ3v) is 7.31. The number of aromatic nitrogens is 1. The van der Waals surface area contributed by atoms with Crippen LogP contribution in [0.5, 0.6) is 17.4 Å². The SMILES string of the molecule is COc1ccc(C(=O)NC(C(=O)c2cccnc2OC)C2CCNCC2)cc1OCCc1ccc(Cl)cc1Cl. The zero-order valence-corrected chi connectivity index (χ0v) is 23.3. The van der Waals surface area contributed by atoms with Gasteiger partial charge in [0.2, 0.25) is 5.88 Å². The summed E-state index contributed by atoms with van der Waals surface area (Å²) in [5.41, 5.74) is 1.58. The topological polar surface area (TPSA) is 98.8 Å². The van der Waals surface area contributed by atoms with Crippen LogP contribution in [-0.4, -0.2) is 56.6 Å². The number of methoxy groups -OCH3 is 2. The van der Waals surface area contributed by atoms with E-state index in [0.29, 0.717) is 45.7 Å². The number of carbonyl (C=O) groups excluding carboxylic acids is 2. The van der Waals surface area contributed by atoms with Crippen LogP contribution in [-0.2, 0) is 6.42 Å². The Hall–Kier alpha value is -3.33. The largest absolute Gasteiger partial charge is 0.493 e. The van der Waals surface area contributed by atoms with Crippen molar-refractivity contribution < 1.29 is 23.8 Å². The van der Waals surface area contributed by atoms with Gasteiger partial charge in [0.15, 0.2) is 17.3 Å². The lowest BCUT2D eigenvalue weighted by molar-refractivity contribution is 0.0803. The van der Waals surface area contributed by atoms with Gasteiger partial charge in [-0.2, -0.15) is 0 Å². The number of ether oxygens (including phenoxy) is 3. The quantitative estimate of drug-likeness (QED) is 0.312. The number of halogens is 2. The molecule has 1 aliphatic rings. The highest BCUT2D eigenvalue weighted by Crippen LogP contribution is 2.30. The molecule has 2 heterocycles. The second-order valence-corrected chi connectivity index (χ2v) is 10.0. The lowest BCUT2D eigenvalue weighted by Crippen LogP contribution is -2.49. The molecule has 10 heteroatoms. The number of nitrogens with one attached hydrogen (secondary N) is 2. The van der Waals surface area contributed by atoms with Crippen LogP contribution in [0.25, 0.3) is 0 Å². The summed E-state index contributed by atoms with van der Waals surface area (Å²) in [6, 6.07) is 12.9. The molecule has 0 aliphatic carbocycles. The van der Waals surface area contributed by atoms with Crippen molar-refractivity contribution >= 4 is 34.9 Å². The summed E-state index contributed by atoms with van der Waals surface area (Å²) < 4.78 is 16.7. The maximum absolute atomic E-state index is 13.7. The van der Waals surface area contributed by atoms with Crippen LogP contribution < -0.4 is 24.8 Å². The summed E-state index contributed by atoms with van der Waals surface area (Å²) in [4.78, 5) is 31.3. The Morgan fingerprint density at radius 3 is 2.56 bits per heavy atom. The average molecular weight is 572 g/mol. The fraction of sp³-hybridized carbons (Fsp3) is 0.345. The number of carbonyl (C=O) groups is 2. The van der Waals surface area contributed by atoms with E-state index in [2.05, 4.69) is 15.6 Å². The summed E-state index contributed by atoms with van der Waals surface area (Å²) in [5.74, 6) is 0.476. The zero-order chi connectivity index (χ0) is 27.8. The molecule has 1 saturated heterocycles. The van der Waals surface area contributed by atoms with E-state index in [1.54, 1.807) is 48.7 Å². The van der Waals surface area contributed by atoms with Gasteiger partial charge in [0.05, 0.1) is 32.4 Å². The van der Waals surface area contributed by atoms with E-state index >= 15 is 0 Å². The number of rotatable bonds is 11. The number of nitrogens with zero attached hydrogens (tertiary/aromatic N) is 1. The summed E-state index contributed by atoms with van der Waals surface area (Å²) in [5, 5.41) is 7.42. The first kappa shape index (κ1) is 28.7. The maximum atomic E-state index is 13.7. The third-order valence-electron chi connectivity index (χ3n) is 6.72. The number of hydrogen-bond acceptors (Lipinski definition) is 7. The minimum absolute atomic E-state index is 0.0364. The molecule has 1 aliphatic heterocycles. The molecule has 0 radical (unpaired) electrons. The predicted octanol–water partition coefficient (Wildman–Crippen LogP) is 5.01. The maximum Gasteiger partial charge on any atom is 0.252 e. The van der Waals surface area contributed by atoms with Crippen LogP contribution in [0, 0.1) is 5.92 Å². The number of piperidine rings is 1. The van der Waals surface area contributed by atoms with Crippen molar-refractivity contribution in [2.45, 2.75) is 25.3 Å². The molecule has 1 amide bonds. The Morgan fingerprint density at radius 1 is 1.05 bits per heavy atom. The zero-order valence-electron chi connectivity index (χ0n) is 21.8. The first-order valence-electron chi connectivity index (χ1n) is 12.7. The summed E-state index contributed by atoms with van der Waals surface area (Å²) in [6.07, 6.45) is 3.61.